The van der Waals surface area contributed by atoms with Gasteiger partial charge >= 0.3 is 8.80 Å². The van der Waals surface area contributed by atoms with Crippen molar-refractivity contribution in [3.8, 4) is 17.2 Å². The lowest BCUT2D eigenvalue weighted by molar-refractivity contribution is 0.123. The minimum absolute atomic E-state index is 0.621. The van der Waals surface area contributed by atoms with E-state index in [9.17, 15) is 0 Å². The van der Waals surface area contributed by atoms with E-state index in [1.54, 1.807) is 42.7 Å². The summed E-state index contributed by atoms with van der Waals surface area (Å²) in [5.74, 6) is 2.09. The largest absolute Gasteiger partial charge is 0.500 e. The second-order valence-corrected chi connectivity index (χ2v) is 7.40. The quantitative estimate of drug-likeness (QED) is 0.651. The molecule has 0 aliphatic rings. The summed E-state index contributed by atoms with van der Waals surface area (Å²) in [4.78, 5) is 0. The fourth-order valence-electron chi connectivity index (χ4n) is 2.16. The Morgan fingerprint density at radius 3 is 1.57 bits per heavy atom. The number of methoxy groups -OCH3 is 3. The third kappa shape index (κ3) is 4.10. The monoisotopic (exact) mass is 316 g/mol. The second-order valence-electron chi connectivity index (χ2n) is 4.31. The molecule has 7 heteroatoms. The summed E-state index contributed by atoms with van der Waals surface area (Å²) >= 11 is 0. The third-order valence-electron chi connectivity index (χ3n) is 3.43. The van der Waals surface area contributed by atoms with Crippen LogP contribution in [-0.2, 0) is 19.7 Å². The first-order valence-corrected chi connectivity index (χ1v) is 8.47. The SMILES string of the molecule is COc1cc(OC)c(CC[Si](OC)(OC)OC)c(OC)c1. The van der Waals surface area contributed by atoms with Crippen molar-refractivity contribution in [2.24, 2.45) is 0 Å². The number of benzene rings is 1. The van der Waals surface area contributed by atoms with E-state index < -0.39 is 8.80 Å². The summed E-state index contributed by atoms with van der Waals surface area (Å²) in [5.41, 5.74) is 0.934. The smallest absolute Gasteiger partial charge is 0.496 e. The van der Waals surface area contributed by atoms with E-state index >= 15 is 0 Å². The van der Waals surface area contributed by atoms with Crippen LogP contribution in [0.4, 0.5) is 0 Å². The molecule has 0 fully saturated rings. The minimum Gasteiger partial charge on any atom is -0.496 e. The molecule has 0 saturated carbocycles. The first kappa shape index (κ1) is 17.8. The maximum absolute atomic E-state index is 5.44. The molecule has 0 unspecified atom stereocenters. The van der Waals surface area contributed by atoms with Crippen LogP contribution in [-0.4, -0.2) is 51.5 Å². The Bertz CT molecular complexity index is 414. The molecule has 1 aromatic rings. The molecule has 21 heavy (non-hydrogen) atoms. The van der Waals surface area contributed by atoms with Crippen molar-refractivity contribution < 1.29 is 27.5 Å². The molecular formula is C14H24O6Si. The topological polar surface area (TPSA) is 55.4 Å². The number of hydrogen-bond acceptors (Lipinski definition) is 6. The minimum atomic E-state index is -2.64. The van der Waals surface area contributed by atoms with Gasteiger partial charge < -0.3 is 27.5 Å². The molecule has 0 aliphatic heterocycles. The standard InChI is InChI=1S/C14H24O6Si/c1-15-11-9-13(16-2)12(14(10-11)17-3)7-8-21(18-4,19-5)20-6/h9-10H,7-8H2,1-6H3. The molecule has 1 rings (SSSR count). The van der Waals surface area contributed by atoms with E-state index in [1.807, 2.05) is 12.1 Å². The lowest BCUT2D eigenvalue weighted by Gasteiger charge is -2.25. The summed E-state index contributed by atoms with van der Waals surface area (Å²) in [6.45, 7) is 0. The van der Waals surface area contributed by atoms with Gasteiger partial charge in [-0.05, 0) is 6.42 Å². The van der Waals surface area contributed by atoms with Gasteiger partial charge in [-0.2, -0.15) is 0 Å². The lowest BCUT2D eigenvalue weighted by atomic mass is 10.1. The van der Waals surface area contributed by atoms with Crippen LogP contribution in [0.5, 0.6) is 17.2 Å². The van der Waals surface area contributed by atoms with Crippen LogP contribution in [0.2, 0.25) is 6.04 Å². The molecule has 0 saturated heterocycles. The molecule has 1 aromatic carbocycles. The zero-order valence-electron chi connectivity index (χ0n) is 13.5. The maximum Gasteiger partial charge on any atom is 0.500 e. The zero-order valence-corrected chi connectivity index (χ0v) is 14.5. The molecule has 0 bridgehead atoms. The van der Waals surface area contributed by atoms with E-state index in [0.717, 1.165) is 5.56 Å². The molecule has 0 amide bonds. The molecule has 120 valence electrons. The van der Waals surface area contributed by atoms with Crippen molar-refractivity contribution in [1.82, 2.24) is 0 Å². The summed E-state index contributed by atoms with van der Waals surface area (Å²) in [5, 5.41) is 0. The van der Waals surface area contributed by atoms with Gasteiger partial charge in [0.1, 0.15) is 17.2 Å². The fraction of sp³-hybridized carbons (Fsp3) is 0.571. The van der Waals surface area contributed by atoms with Gasteiger partial charge in [0.05, 0.1) is 21.3 Å². The van der Waals surface area contributed by atoms with Gasteiger partial charge in [0, 0.05) is 45.1 Å². The van der Waals surface area contributed by atoms with Crippen molar-refractivity contribution in [3.63, 3.8) is 0 Å². The van der Waals surface area contributed by atoms with E-state index in [-0.39, 0.29) is 0 Å². The summed E-state index contributed by atoms with van der Waals surface area (Å²) in [6.07, 6.45) is 0.651. The van der Waals surface area contributed by atoms with Crippen LogP contribution in [0.25, 0.3) is 0 Å². The number of rotatable bonds is 9. The van der Waals surface area contributed by atoms with Crippen molar-refractivity contribution in [1.29, 1.82) is 0 Å². The first-order chi connectivity index (χ1) is 10.1. The Morgan fingerprint density at radius 1 is 0.762 bits per heavy atom. The van der Waals surface area contributed by atoms with Gasteiger partial charge in [-0.25, -0.2) is 0 Å². The summed E-state index contributed by atoms with van der Waals surface area (Å²) < 4.78 is 32.4. The van der Waals surface area contributed by atoms with Gasteiger partial charge in [-0.3, -0.25) is 0 Å². The van der Waals surface area contributed by atoms with Gasteiger partial charge in [0.15, 0.2) is 0 Å². The third-order valence-corrected chi connectivity index (χ3v) is 6.16. The summed E-state index contributed by atoms with van der Waals surface area (Å²) in [7, 11) is 7.00. The van der Waals surface area contributed by atoms with Crippen LogP contribution < -0.4 is 14.2 Å². The van der Waals surface area contributed by atoms with Crippen LogP contribution >= 0.6 is 0 Å². The van der Waals surface area contributed by atoms with Gasteiger partial charge in [-0.15, -0.1) is 0 Å². The van der Waals surface area contributed by atoms with Crippen LogP contribution in [0, 0.1) is 0 Å². The van der Waals surface area contributed by atoms with Gasteiger partial charge in [-0.1, -0.05) is 0 Å². The second kappa shape index (κ2) is 8.23. The van der Waals surface area contributed by atoms with E-state index in [2.05, 4.69) is 0 Å². The molecule has 0 N–H and O–H groups in total. The molecular weight excluding hydrogens is 292 g/mol. The van der Waals surface area contributed by atoms with E-state index in [0.29, 0.717) is 29.7 Å². The average Bonchev–Trinajstić information content (AvgIpc) is 2.55. The Balaban J connectivity index is 3.06. The van der Waals surface area contributed by atoms with Crippen molar-refractivity contribution >= 4 is 8.80 Å². The Labute approximate surface area is 127 Å². The Morgan fingerprint density at radius 2 is 1.24 bits per heavy atom. The molecule has 0 radical (unpaired) electrons. The molecule has 0 heterocycles. The van der Waals surface area contributed by atoms with Crippen molar-refractivity contribution in [2.45, 2.75) is 12.5 Å². The van der Waals surface area contributed by atoms with Gasteiger partial charge in [0.2, 0.25) is 0 Å². The average molecular weight is 316 g/mol. The summed E-state index contributed by atoms with van der Waals surface area (Å²) in [6, 6.07) is 4.27. The van der Waals surface area contributed by atoms with Crippen LogP contribution in [0.1, 0.15) is 5.56 Å². The predicted molar refractivity (Wildman–Crippen MR) is 81.4 cm³/mol. The zero-order chi connectivity index (χ0) is 15.9. The van der Waals surface area contributed by atoms with Crippen LogP contribution in [0.15, 0.2) is 12.1 Å². The normalized spacial score (nSPS) is 11.3. The Kier molecular flexibility index (Phi) is 6.96. The first-order valence-electron chi connectivity index (χ1n) is 6.54. The number of hydrogen-bond donors (Lipinski definition) is 0. The van der Waals surface area contributed by atoms with E-state index in [1.165, 1.54) is 0 Å². The van der Waals surface area contributed by atoms with E-state index in [4.69, 9.17) is 27.5 Å². The lowest BCUT2D eigenvalue weighted by Crippen LogP contribution is -2.43. The highest BCUT2D eigenvalue weighted by Gasteiger charge is 2.37. The number of ether oxygens (including phenoxy) is 3. The molecule has 0 spiro atoms. The van der Waals surface area contributed by atoms with Crippen molar-refractivity contribution in [3.05, 3.63) is 17.7 Å². The van der Waals surface area contributed by atoms with Crippen molar-refractivity contribution in [2.75, 3.05) is 42.7 Å². The highest BCUT2D eigenvalue weighted by Crippen LogP contribution is 2.36. The highest BCUT2D eigenvalue weighted by molar-refractivity contribution is 6.60. The highest BCUT2D eigenvalue weighted by atomic mass is 28.4. The molecule has 0 atom stereocenters. The van der Waals surface area contributed by atoms with Crippen LogP contribution in [0.3, 0.4) is 0 Å². The maximum atomic E-state index is 5.44. The molecule has 6 nitrogen and oxygen atoms in total. The Hall–Kier alpha value is -1.28. The van der Waals surface area contributed by atoms with Gasteiger partial charge in [0.25, 0.3) is 0 Å². The fourth-order valence-corrected chi connectivity index (χ4v) is 3.83. The molecule has 0 aromatic heterocycles. The molecule has 0 aliphatic carbocycles. The predicted octanol–water partition coefficient (Wildman–Crippen LogP) is 2.13.